The lowest BCUT2D eigenvalue weighted by molar-refractivity contribution is -0.282. The van der Waals surface area contributed by atoms with Crippen LogP contribution in [0.4, 0.5) is 0 Å². The zero-order valence-corrected chi connectivity index (χ0v) is 20.4. The minimum Gasteiger partial charge on any atom is -0.283 e. The van der Waals surface area contributed by atoms with Crippen LogP contribution in [0.2, 0.25) is 18.1 Å². The Morgan fingerprint density at radius 1 is 0.719 bits per heavy atom. The van der Waals surface area contributed by atoms with Crippen molar-refractivity contribution in [1.29, 1.82) is 0 Å². The van der Waals surface area contributed by atoms with Crippen LogP contribution in [0, 0.1) is 0 Å². The van der Waals surface area contributed by atoms with Crippen LogP contribution < -0.4 is 0 Å². The molecule has 0 radical (unpaired) electrons. The largest absolute Gasteiger partial charge is 0.283 e. The number of hydrogen-bond donors (Lipinski definition) is 0. The fraction of sp³-hybridized carbons (Fsp3) is 0.259. The molecule has 1 aliphatic heterocycles. The second kappa shape index (κ2) is 8.58. The molecule has 32 heavy (non-hydrogen) atoms. The molecule has 0 aromatic heterocycles. The molecule has 1 unspecified atom stereocenters. The summed E-state index contributed by atoms with van der Waals surface area (Å²) in [6.07, 6.45) is 0. The van der Waals surface area contributed by atoms with Crippen LogP contribution in [0.15, 0.2) is 101 Å². The average molecular weight is 443 g/mol. The van der Waals surface area contributed by atoms with Crippen molar-refractivity contribution in [2.24, 2.45) is 9.98 Å². The topological polar surface area (TPSA) is 43.2 Å². The molecular weight excluding hydrogens is 412 g/mol. The van der Waals surface area contributed by atoms with Gasteiger partial charge in [-0.1, -0.05) is 112 Å². The molecule has 1 heterocycles. The Morgan fingerprint density at radius 3 is 1.75 bits per heavy atom. The van der Waals surface area contributed by atoms with E-state index < -0.39 is 14.0 Å². The summed E-state index contributed by atoms with van der Waals surface area (Å²) in [5.74, 6) is 0.632. The first-order valence-electron chi connectivity index (χ1n) is 11.0. The summed E-state index contributed by atoms with van der Waals surface area (Å²) in [7, 11) is -2.23. The Morgan fingerprint density at radius 2 is 1.22 bits per heavy atom. The van der Waals surface area contributed by atoms with Gasteiger partial charge in [0.15, 0.2) is 5.84 Å². The molecule has 164 valence electrons. The predicted octanol–water partition coefficient (Wildman–Crippen LogP) is 6.74. The first-order chi connectivity index (χ1) is 15.2. The minimum absolute atomic E-state index is 0.0144. The molecule has 3 aromatic carbocycles. The number of nitrogens with zero attached hydrogens (tertiary/aromatic N) is 2. The quantitative estimate of drug-likeness (QED) is 0.241. The van der Waals surface area contributed by atoms with E-state index in [1.165, 1.54) is 0 Å². The van der Waals surface area contributed by atoms with E-state index in [1.54, 1.807) is 0 Å². The highest BCUT2D eigenvalue weighted by Crippen LogP contribution is 2.42. The standard InChI is InChI=1S/C27H30N2O2Si/c1-26(2,3)32(4,5)31-30-27(23-19-13-8-14-20-23)24(21-15-9-6-10-16-21)28-25(29-27)22-17-11-7-12-18-22/h6-20H,1-5H3. The van der Waals surface area contributed by atoms with Gasteiger partial charge in [-0.15, -0.1) is 0 Å². The van der Waals surface area contributed by atoms with Crippen molar-refractivity contribution in [3.05, 3.63) is 108 Å². The molecule has 0 amide bonds. The summed E-state index contributed by atoms with van der Waals surface area (Å²) < 4.78 is 6.32. The van der Waals surface area contributed by atoms with Crippen LogP contribution in [-0.2, 0) is 15.2 Å². The van der Waals surface area contributed by atoms with Crippen LogP contribution in [-0.4, -0.2) is 19.9 Å². The Bertz CT molecular complexity index is 1120. The second-order valence-corrected chi connectivity index (χ2v) is 14.3. The van der Waals surface area contributed by atoms with E-state index >= 15 is 0 Å². The lowest BCUT2D eigenvalue weighted by atomic mass is 9.93. The third kappa shape index (κ3) is 4.24. The van der Waals surface area contributed by atoms with Crippen molar-refractivity contribution < 1.29 is 9.46 Å². The number of hydrogen-bond acceptors (Lipinski definition) is 4. The van der Waals surface area contributed by atoms with Crippen LogP contribution >= 0.6 is 0 Å². The zero-order chi connectivity index (χ0) is 22.8. The van der Waals surface area contributed by atoms with Crippen LogP contribution in [0.25, 0.3) is 0 Å². The molecule has 4 rings (SSSR count). The first kappa shape index (κ1) is 22.3. The van der Waals surface area contributed by atoms with Gasteiger partial charge in [0.1, 0.15) is 5.71 Å². The summed E-state index contributed by atoms with van der Waals surface area (Å²) in [6.45, 7) is 10.9. The molecule has 0 bridgehead atoms. The SMILES string of the molecule is CC(C)(C)[Si](C)(C)OOC1(c2ccccc2)N=C(c2ccccc2)N=C1c1ccccc1. The second-order valence-electron chi connectivity index (χ2n) is 9.56. The smallest absolute Gasteiger partial charge is 0.261 e. The van der Waals surface area contributed by atoms with Crippen molar-refractivity contribution in [3.63, 3.8) is 0 Å². The molecular formula is C27H30N2O2Si. The Kier molecular flexibility index (Phi) is 5.99. The van der Waals surface area contributed by atoms with E-state index in [9.17, 15) is 0 Å². The normalized spacial score (nSPS) is 18.9. The number of benzene rings is 3. The zero-order valence-electron chi connectivity index (χ0n) is 19.4. The predicted molar refractivity (Wildman–Crippen MR) is 133 cm³/mol. The number of rotatable bonds is 6. The summed E-state index contributed by atoms with van der Waals surface area (Å²) in [5.41, 5.74) is 2.30. The van der Waals surface area contributed by atoms with E-state index in [0.717, 1.165) is 22.4 Å². The molecule has 0 saturated heterocycles. The average Bonchev–Trinajstić information content (AvgIpc) is 3.20. The maximum absolute atomic E-state index is 6.43. The Hall–Kier alpha value is -2.86. The molecule has 4 nitrogen and oxygen atoms in total. The third-order valence-corrected chi connectivity index (χ3v) is 10.3. The summed E-state index contributed by atoms with van der Waals surface area (Å²) in [5, 5.41) is -0.0144. The van der Waals surface area contributed by atoms with Gasteiger partial charge in [-0.3, -0.25) is 4.58 Å². The van der Waals surface area contributed by atoms with Crippen LogP contribution in [0.1, 0.15) is 37.5 Å². The van der Waals surface area contributed by atoms with E-state index in [0.29, 0.717) is 5.84 Å². The van der Waals surface area contributed by atoms with Crippen molar-refractivity contribution in [3.8, 4) is 0 Å². The van der Waals surface area contributed by atoms with E-state index in [2.05, 4.69) is 33.9 Å². The number of aliphatic imine (C=N–C) groups is 2. The maximum atomic E-state index is 6.43. The van der Waals surface area contributed by atoms with Crippen LogP contribution in [0.5, 0.6) is 0 Å². The number of amidine groups is 1. The van der Waals surface area contributed by atoms with Gasteiger partial charge in [0, 0.05) is 16.7 Å². The van der Waals surface area contributed by atoms with E-state index in [4.69, 9.17) is 19.4 Å². The highest BCUT2D eigenvalue weighted by atomic mass is 28.4. The summed E-state index contributed by atoms with van der Waals surface area (Å²) >= 11 is 0. The van der Waals surface area contributed by atoms with Crippen molar-refractivity contribution >= 4 is 19.9 Å². The maximum Gasteiger partial charge on any atom is 0.261 e. The van der Waals surface area contributed by atoms with Gasteiger partial charge in [0.05, 0.1) is 0 Å². The van der Waals surface area contributed by atoms with Gasteiger partial charge in [-0.2, -0.15) is 0 Å². The van der Waals surface area contributed by atoms with Gasteiger partial charge in [0.25, 0.3) is 5.72 Å². The minimum atomic E-state index is -2.23. The lowest BCUT2D eigenvalue weighted by Crippen LogP contribution is -2.45. The Balaban J connectivity index is 1.89. The molecule has 0 spiro atoms. The lowest BCUT2D eigenvalue weighted by Gasteiger charge is -2.38. The Labute approximate surface area is 191 Å². The molecule has 1 atom stereocenters. The highest BCUT2D eigenvalue weighted by molar-refractivity contribution is 6.73. The molecule has 0 aliphatic carbocycles. The van der Waals surface area contributed by atoms with Crippen molar-refractivity contribution in [2.75, 3.05) is 0 Å². The highest BCUT2D eigenvalue weighted by Gasteiger charge is 2.49. The van der Waals surface area contributed by atoms with Gasteiger partial charge in [-0.25, -0.2) is 14.9 Å². The molecule has 0 N–H and O–H groups in total. The van der Waals surface area contributed by atoms with E-state index in [-0.39, 0.29) is 5.04 Å². The fourth-order valence-electron chi connectivity index (χ4n) is 3.24. The molecule has 5 heteroatoms. The fourth-order valence-corrected chi connectivity index (χ4v) is 3.82. The van der Waals surface area contributed by atoms with Crippen molar-refractivity contribution in [1.82, 2.24) is 0 Å². The molecule has 1 aliphatic rings. The summed E-state index contributed by atoms with van der Waals surface area (Å²) in [6, 6.07) is 30.1. The van der Waals surface area contributed by atoms with E-state index in [1.807, 2.05) is 91.0 Å². The molecule has 0 saturated carbocycles. The van der Waals surface area contributed by atoms with Gasteiger partial charge in [0.2, 0.25) is 8.32 Å². The van der Waals surface area contributed by atoms with Gasteiger partial charge >= 0.3 is 0 Å². The van der Waals surface area contributed by atoms with Crippen LogP contribution in [0.3, 0.4) is 0 Å². The summed E-state index contributed by atoms with van der Waals surface area (Å²) in [4.78, 5) is 16.5. The molecule has 3 aromatic rings. The van der Waals surface area contributed by atoms with Crippen molar-refractivity contribution in [2.45, 2.75) is 44.6 Å². The first-order valence-corrected chi connectivity index (χ1v) is 13.9. The third-order valence-electron chi connectivity index (χ3n) is 6.22. The monoisotopic (exact) mass is 442 g/mol. The molecule has 0 fully saturated rings. The van der Waals surface area contributed by atoms with Gasteiger partial charge < -0.3 is 0 Å². The van der Waals surface area contributed by atoms with Gasteiger partial charge in [-0.05, 0) is 18.1 Å².